The average molecular weight is 409 g/mol. The van der Waals surface area contributed by atoms with Crippen molar-refractivity contribution in [2.24, 2.45) is 5.92 Å². The Morgan fingerprint density at radius 3 is 2.50 bits per heavy atom. The zero-order valence-electron chi connectivity index (χ0n) is 17.2. The molecule has 5 heteroatoms. The molecule has 1 aliphatic carbocycles. The van der Waals surface area contributed by atoms with Gasteiger partial charge in [-0.05, 0) is 61.1 Å². The summed E-state index contributed by atoms with van der Waals surface area (Å²) in [6.45, 7) is 2.72. The summed E-state index contributed by atoms with van der Waals surface area (Å²) < 4.78 is 13.6. The van der Waals surface area contributed by atoms with Gasteiger partial charge in [0, 0.05) is 37.0 Å². The largest absolute Gasteiger partial charge is 0.395 e. The maximum Gasteiger partial charge on any atom is 0.225 e. The van der Waals surface area contributed by atoms with Crippen molar-refractivity contribution < 1.29 is 14.3 Å². The predicted octanol–water partition coefficient (Wildman–Crippen LogP) is 3.65. The minimum atomic E-state index is -0.235. The van der Waals surface area contributed by atoms with Gasteiger partial charge in [-0.1, -0.05) is 36.4 Å². The number of aliphatic hydroxyl groups excluding tert-OH is 1. The van der Waals surface area contributed by atoms with Crippen molar-refractivity contribution in [3.63, 3.8) is 0 Å². The molecule has 3 atom stereocenters. The number of benzene rings is 2. The van der Waals surface area contributed by atoms with E-state index in [-0.39, 0.29) is 36.3 Å². The van der Waals surface area contributed by atoms with Crippen LogP contribution in [0.3, 0.4) is 0 Å². The molecule has 3 aliphatic rings. The SMILES string of the molecule is O=C(C1CC1)N1CCCCN2[C@H](C1)[C@H](c1ccc(-c3cccc(F)c3)cc1)[C@@H]2CO. The molecule has 158 valence electrons. The summed E-state index contributed by atoms with van der Waals surface area (Å²) in [5, 5.41) is 10.1. The van der Waals surface area contributed by atoms with E-state index in [1.165, 1.54) is 11.6 Å². The van der Waals surface area contributed by atoms with E-state index in [0.29, 0.717) is 5.91 Å². The fourth-order valence-corrected chi connectivity index (χ4v) is 5.29. The van der Waals surface area contributed by atoms with E-state index >= 15 is 0 Å². The lowest BCUT2D eigenvalue weighted by atomic mass is 9.74. The topological polar surface area (TPSA) is 43.8 Å². The average Bonchev–Trinajstić information content (AvgIpc) is 3.58. The van der Waals surface area contributed by atoms with Gasteiger partial charge in [0.25, 0.3) is 0 Å². The van der Waals surface area contributed by atoms with Gasteiger partial charge in [0.1, 0.15) is 5.82 Å². The molecule has 30 heavy (non-hydrogen) atoms. The molecule has 1 amide bonds. The number of hydrogen-bond acceptors (Lipinski definition) is 3. The molecule has 2 heterocycles. The first-order valence-corrected chi connectivity index (χ1v) is 11.2. The summed E-state index contributed by atoms with van der Waals surface area (Å²) in [6, 6.07) is 15.3. The Labute approximate surface area is 177 Å². The van der Waals surface area contributed by atoms with Crippen molar-refractivity contribution in [2.45, 2.75) is 43.7 Å². The molecule has 0 aromatic heterocycles. The fourth-order valence-electron chi connectivity index (χ4n) is 5.29. The van der Waals surface area contributed by atoms with Crippen LogP contribution < -0.4 is 0 Å². The Hall–Kier alpha value is -2.24. The summed E-state index contributed by atoms with van der Waals surface area (Å²) in [7, 11) is 0. The van der Waals surface area contributed by atoms with E-state index in [4.69, 9.17) is 0 Å². The van der Waals surface area contributed by atoms with Gasteiger partial charge in [0.15, 0.2) is 0 Å². The molecule has 0 bridgehead atoms. The van der Waals surface area contributed by atoms with Crippen molar-refractivity contribution in [3.8, 4) is 11.1 Å². The molecule has 3 fully saturated rings. The zero-order valence-corrected chi connectivity index (χ0v) is 17.2. The summed E-state index contributed by atoms with van der Waals surface area (Å²) in [6.07, 6.45) is 4.17. The zero-order chi connectivity index (χ0) is 20.7. The number of rotatable bonds is 4. The smallest absolute Gasteiger partial charge is 0.225 e. The maximum atomic E-state index is 13.6. The van der Waals surface area contributed by atoms with Gasteiger partial charge in [-0.25, -0.2) is 4.39 Å². The molecule has 2 saturated heterocycles. The molecule has 0 radical (unpaired) electrons. The van der Waals surface area contributed by atoms with Crippen LogP contribution in [0.4, 0.5) is 4.39 Å². The lowest BCUT2D eigenvalue weighted by molar-refractivity contribution is -0.137. The highest BCUT2D eigenvalue weighted by atomic mass is 19.1. The Bertz CT molecular complexity index is 912. The summed E-state index contributed by atoms with van der Waals surface area (Å²) in [5.74, 6) is 0.547. The Morgan fingerprint density at radius 1 is 1.03 bits per heavy atom. The Kier molecular flexibility index (Phi) is 5.34. The van der Waals surface area contributed by atoms with Crippen LogP contribution in [0.1, 0.15) is 37.2 Å². The highest BCUT2D eigenvalue weighted by Crippen LogP contribution is 2.43. The molecule has 2 aliphatic heterocycles. The quantitative estimate of drug-likeness (QED) is 0.840. The molecule has 2 aromatic rings. The number of carbonyl (C=O) groups excluding carboxylic acids is 1. The highest BCUT2D eigenvalue weighted by molar-refractivity contribution is 5.81. The monoisotopic (exact) mass is 408 g/mol. The Morgan fingerprint density at radius 2 is 1.80 bits per heavy atom. The van der Waals surface area contributed by atoms with Gasteiger partial charge in [-0.15, -0.1) is 0 Å². The van der Waals surface area contributed by atoms with Crippen LogP contribution in [0.25, 0.3) is 11.1 Å². The molecule has 2 aromatic carbocycles. The number of nitrogens with zero attached hydrogens (tertiary/aromatic N) is 2. The van der Waals surface area contributed by atoms with Crippen LogP contribution in [-0.2, 0) is 4.79 Å². The van der Waals surface area contributed by atoms with E-state index in [2.05, 4.69) is 21.9 Å². The van der Waals surface area contributed by atoms with Crippen LogP contribution in [0, 0.1) is 11.7 Å². The second kappa shape index (κ2) is 8.12. The summed E-state index contributed by atoms with van der Waals surface area (Å²) in [5.41, 5.74) is 3.04. The first-order chi connectivity index (χ1) is 14.7. The van der Waals surface area contributed by atoms with Crippen LogP contribution in [-0.4, -0.2) is 59.1 Å². The molecule has 1 N–H and O–H groups in total. The molecule has 0 spiro atoms. The second-order valence-corrected chi connectivity index (χ2v) is 8.98. The van der Waals surface area contributed by atoms with E-state index < -0.39 is 0 Å². The van der Waals surface area contributed by atoms with Crippen LogP contribution in [0.2, 0.25) is 0 Å². The highest BCUT2D eigenvalue weighted by Gasteiger charge is 2.50. The van der Waals surface area contributed by atoms with Crippen molar-refractivity contribution >= 4 is 5.91 Å². The van der Waals surface area contributed by atoms with Crippen LogP contribution >= 0.6 is 0 Å². The van der Waals surface area contributed by atoms with Gasteiger partial charge >= 0.3 is 0 Å². The molecule has 4 nitrogen and oxygen atoms in total. The second-order valence-electron chi connectivity index (χ2n) is 8.98. The third-order valence-corrected chi connectivity index (χ3v) is 7.06. The van der Waals surface area contributed by atoms with Gasteiger partial charge < -0.3 is 10.0 Å². The van der Waals surface area contributed by atoms with Gasteiger partial charge in [0.05, 0.1) is 6.61 Å². The number of halogens is 1. The van der Waals surface area contributed by atoms with E-state index in [9.17, 15) is 14.3 Å². The Balaban J connectivity index is 1.38. The lowest BCUT2D eigenvalue weighted by Crippen LogP contribution is -2.68. The minimum Gasteiger partial charge on any atom is -0.395 e. The number of fused-ring (bicyclic) bond motifs is 1. The summed E-state index contributed by atoms with van der Waals surface area (Å²) >= 11 is 0. The normalized spacial score (nSPS) is 27.0. The van der Waals surface area contributed by atoms with Crippen LogP contribution in [0.5, 0.6) is 0 Å². The van der Waals surface area contributed by atoms with Gasteiger partial charge in [-0.3, -0.25) is 9.69 Å². The third kappa shape index (κ3) is 3.65. The van der Waals surface area contributed by atoms with E-state index in [1.807, 2.05) is 18.2 Å². The first kappa shape index (κ1) is 19.7. The van der Waals surface area contributed by atoms with Gasteiger partial charge in [-0.2, -0.15) is 0 Å². The van der Waals surface area contributed by atoms with Crippen molar-refractivity contribution in [2.75, 3.05) is 26.2 Å². The number of amides is 1. The van der Waals surface area contributed by atoms with E-state index in [0.717, 1.165) is 56.4 Å². The van der Waals surface area contributed by atoms with Crippen molar-refractivity contribution in [1.82, 2.24) is 9.80 Å². The molecule has 0 unspecified atom stereocenters. The molecule has 5 rings (SSSR count). The summed E-state index contributed by atoms with van der Waals surface area (Å²) in [4.78, 5) is 17.2. The van der Waals surface area contributed by atoms with Crippen molar-refractivity contribution in [1.29, 1.82) is 0 Å². The van der Waals surface area contributed by atoms with Gasteiger partial charge in [0.2, 0.25) is 5.91 Å². The number of carbonyl (C=O) groups is 1. The van der Waals surface area contributed by atoms with E-state index in [1.54, 1.807) is 12.1 Å². The standard InChI is InChI=1S/C25H29FN2O2/c26-21-5-3-4-20(14-21)17-6-8-18(9-7-17)24-22-15-27(25(30)19-10-11-19)12-1-2-13-28(22)23(24)16-29/h3-9,14,19,22-24,29H,1-2,10-13,15-16H2/t22-,23+,24+/m1/s1. The predicted molar refractivity (Wildman–Crippen MR) is 114 cm³/mol. The van der Waals surface area contributed by atoms with Crippen molar-refractivity contribution in [3.05, 3.63) is 59.9 Å². The first-order valence-electron chi connectivity index (χ1n) is 11.2. The number of hydrogen-bond donors (Lipinski definition) is 1. The van der Waals surface area contributed by atoms with Crippen LogP contribution in [0.15, 0.2) is 48.5 Å². The minimum absolute atomic E-state index is 0.103. The third-order valence-electron chi connectivity index (χ3n) is 7.06. The molecular formula is C25H29FN2O2. The molecule has 1 saturated carbocycles. The molecular weight excluding hydrogens is 379 g/mol. The lowest BCUT2D eigenvalue weighted by Gasteiger charge is -2.57. The number of aliphatic hydroxyl groups is 1. The maximum absolute atomic E-state index is 13.6. The fraction of sp³-hybridized carbons (Fsp3) is 0.480.